The van der Waals surface area contributed by atoms with Crippen LogP contribution in [0.2, 0.25) is 0 Å². The molecule has 4 aliphatic rings. The van der Waals surface area contributed by atoms with Crippen molar-refractivity contribution in [3.05, 3.63) is 11.6 Å². The second-order valence-corrected chi connectivity index (χ2v) is 9.75. The molecule has 0 bridgehead atoms. The number of carboxylic acid groups (broad SMARTS) is 1. The summed E-state index contributed by atoms with van der Waals surface area (Å²) in [7, 11) is 0. The van der Waals surface area contributed by atoms with E-state index in [1.807, 2.05) is 0 Å². The van der Waals surface area contributed by atoms with E-state index in [4.69, 9.17) is 4.74 Å². The lowest BCUT2D eigenvalue weighted by atomic mass is 9.47. The van der Waals surface area contributed by atoms with Gasteiger partial charge in [-0.05, 0) is 73.5 Å². The molecule has 144 valence electrons. The maximum absolute atomic E-state index is 11.8. The molecule has 7 atom stereocenters. The molecular weight excluding hydrogens is 328 g/mol. The number of esters is 1. The average Bonchev–Trinajstić information content (AvgIpc) is 2.92. The Morgan fingerprint density at radius 1 is 1.12 bits per heavy atom. The highest BCUT2D eigenvalue weighted by Crippen LogP contribution is 2.66. The van der Waals surface area contributed by atoms with Gasteiger partial charge >= 0.3 is 11.9 Å². The molecule has 0 aliphatic heterocycles. The van der Waals surface area contributed by atoms with Gasteiger partial charge in [-0.1, -0.05) is 25.5 Å². The minimum atomic E-state index is -0.589. The Bertz CT molecular complexity index is 653. The van der Waals surface area contributed by atoms with E-state index >= 15 is 0 Å². The van der Waals surface area contributed by atoms with E-state index in [9.17, 15) is 14.7 Å². The molecule has 4 heteroatoms. The molecule has 3 fully saturated rings. The standard InChI is InChI=1S/C22H32O4/c1-13(23)26-15-8-10-21(2)14(12-15)4-5-16-17-6-7-19(20(24)25)22(17,3)11-9-18(16)21/h4,15-19H,5-12H2,1-3H3,(H,24,25)/t15-,16-,17-,18-,19+,21-,22-/m0/s1. The van der Waals surface area contributed by atoms with Gasteiger partial charge in [0.2, 0.25) is 0 Å². The van der Waals surface area contributed by atoms with Crippen LogP contribution < -0.4 is 0 Å². The summed E-state index contributed by atoms with van der Waals surface area (Å²) >= 11 is 0. The highest BCUT2D eigenvalue weighted by Gasteiger charge is 2.60. The highest BCUT2D eigenvalue weighted by atomic mass is 16.5. The number of hydrogen-bond donors (Lipinski definition) is 1. The lowest BCUT2D eigenvalue weighted by Crippen LogP contribution is -2.51. The van der Waals surface area contributed by atoms with Crippen LogP contribution in [0.25, 0.3) is 0 Å². The molecule has 0 aromatic carbocycles. The molecule has 4 rings (SSSR count). The normalized spacial score (nSPS) is 47.2. The lowest BCUT2D eigenvalue weighted by Gasteiger charge is -2.57. The first-order valence-corrected chi connectivity index (χ1v) is 10.4. The van der Waals surface area contributed by atoms with Crippen LogP contribution in [-0.4, -0.2) is 23.1 Å². The van der Waals surface area contributed by atoms with E-state index in [0.717, 1.165) is 51.4 Å². The van der Waals surface area contributed by atoms with E-state index in [0.29, 0.717) is 17.8 Å². The van der Waals surface area contributed by atoms with Gasteiger partial charge in [-0.25, -0.2) is 0 Å². The van der Waals surface area contributed by atoms with Crippen molar-refractivity contribution in [3.8, 4) is 0 Å². The van der Waals surface area contributed by atoms with Crippen molar-refractivity contribution in [1.29, 1.82) is 0 Å². The summed E-state index contributed by atoms with van der Waals surface area (Å²) < 4.78 is 5.50. The summed E-state index contributed by atoms with van der Waals surface area (Å²) in [5.74, 6) is 0.901. The van der Waals surface area contributed by atoms with Gasteiger partial charge in [0.05, 0.1) is 5.92 Å². The summed E-state index contributed by atoms with van der Waals surface area (Å²) in [4.78, 5) is 23.1. The molecule has 1 N–H and O–H groups in total. The smallest absolute Gasteiger partial charge is 0.307 e. The number of carbonyl (C=O) groups excluding carboxylic acids is 1. The summed E-state index contributed by atoms with van der Waals surface area (Å²) in [5, 5.41) is 9.70. The Hall–Kier alpha value is -1.32. The first kappa shape index (κ1) is 18.1. The monoisotopic (exact) mass is 360 g/mol. The predicted molar refractivity (Wildman–Crippen MR) is 98.4 cm³/mol. The predicted octanol–water partition coefficient (Wildman–Crippen LogP) is 4.58. The van der Waals surface area contributed by atoms with E-state index < -0.39 is 5.97 Å². The van der Waals surface area contributed by atoms with Crippen LogP contribution in [0.4, 0.5) is 0 Å². The molecule has 3 saturated carbocycles. The number of hydrogen-bond acceptors (Lipinski definition) is 3. The van der Waals surface area contributed by atoms with Crippen LogP contribution in [0.3, 0.4) is 0 Å². The minimum Gasteiger partial charge on any atom is -0.481 e. The average molecular weight is 360 g/mol. The van der Waals surface area contributed by atoms with Crippen molar-refractivity contribution in [2.24, 2.45) is 34.5 Å². The van der Waals surface area contributed by atoms with E-state index in [-0.39, 0.29) is 28.8 Å². The Balaban J connectivity index is 1.59. The topological polar surface area (TPSA) is 63.6 Å². The van der Waals surface area contributed by atoms with Gasteiger partial charge < -0.3 is 9.84 Å². The Morgan fingerprint density at radius 3 is 2.58 bits per heavy atom. The summed E-state index contributed by atoms with van der Waals surface area (Å²) in [6.45, 7) is 6.17. The Labute approximate surface area is 156 Å². The third-order valence-corrected chi connectivity index (χ3v) is 8.69. The van der Waals surface area contributed by atoms with Crippen molar-refractivity contribution in [1.82, 2.24) is 0 Å². The molecule has 4 aliphatic carbocycles. The minimum absolute atomic E-state index is 0.0242. The zero-order valence-corrected chi connectivity index (χ0v) is 16.3. The Kier molecular flexibility index (Phi) is 4.24. The van der Waals surface area contributed by atoms with Crippen molar-refractivity contribution in [2.75, 3.05) is 0 Å². The number of allylic oxidation sites excluding steroid dienone is 1. The molecule has 0 aromatic heterocycles. The molecule has 0 aromatic rings. The summed E-state index contributed by atoms with van der Waals surface area (Å²) in [5.41, 5.74) is 1.68. The quantitative estimate of drug-likeness (QED) is 0.578. The van der Waals surface area contributed by atoms with Crippen molar-refractivity contribution in [3.63, 3.8) is 0 Å². The highest BCUT2D eigenvalue weighted by molar-refractivity contribution is 5.71. The van der Waals surface area contributed by atoms with E-state index in [2.05, 4.69) is 19.9 Å². The number of fused-ring (bicyclic) bond motifs is 5. The first-order valence-electron chi connectivity index (χ1n) is 10.4. The molecule has 0 heterocycles. The zero-order valence-electron chi connectivity index (χ0n) is 16.3. The van der Waals surface area contributed by atoms with Crippen LogP contribution in [0.5, 0.6) is 0 Å². The lowest BCUT2D eigenvalue weighted by molar-refractivity contribution is -0.151. The van der Waals surface area contributed by atoms with E-state index in [1.54, 1.807) is 0 Å². The SMILES string of the molecule is CC(=O)O[C@H]1CC[C@@]2(C)C(=CC[C@H]3[C@@H]4CC[C@H](C(=O)O)[C@@]4(C)CC[C@@H]32)C1. The van der Waals surface area contributed by atoms with Crippen molar-refractivity contribution >= 4 is 11.9 Å². The largest absolute Gasteiger partial charge is 0.481 e. The fourth-order valence-corrected chi connectivity index (χ4v) is 7.37. The fraction of sp³-hybridized carbons (Fsp3) is 0.818. The van der Waals surface area contributed by atoms with Crippen molar-refractivity contribution in [2.45, 2.75) is 78.2 Å². The third kappa shape index (κ3) is 2.55. The van der Waals surface area contributed by atoms with Crippen molar-refractivity contribution < 1.29 is 19.4 Å². The van der Waals surface area contributed by atoms with Gasteiger partial charge in [0.15, 0.2) is 0 Å². The number of carbonyl (C=O) groups is 2. The van der Waals surface area contributed by atoms with Crippen LogP contribution >= 0.6 is 0 Å². The van der Waals surface area contributed by atoms with Gasteiger partial charge in [-0.2, -0.15) is 0 Å². The summed E-state index contributed by atoms with van der Waals surface area (Å²) in [6, 6.07) is 0. The molecule has 0 amide bonds. The second-order valence-electron chi connectivity index (χ2n) is 9.75. The zero-order chi connectivity index (χ0) is 18.7. The maximum atomic E-state index is 11.8. The molecule has 0 unspecified atom stereocenters. The van der Waals surface area contributed by atoms with Gasteiger partial charge in [0.1, 0.15) is 6.10 Å². The molecule has 4 nitrogen and oxygen atoms in total. The van der Waals surface area contributed by atoms with Gasteiger partial charge in [0, 0.05) is 13.3 Å². The first-order chi connectivity index (χ1) is 12.3. The van der Waals surface area contributed by atoms with E-state index in [1.165, 1.54) is 12.5 Å². The maximum Gasteiger partial charge on any atom is 0.307 e. The fourth-order valence-electron chi connectivity index (χ4n) is 7.37. The Morgan fingerprint density at radius 2 is 1.88 bits per heavy atom. The van der Waals surface area contributed by atoms with Gasteiger partial charge in [-0.3, -0.25) is 9.59 Å². The van der Waals surface area contributed by atoms with Crippen LogP contribution in [0, 0.1) is 34.5 Å². The van der Waals surface area contributed by atoms with Crippen LogP contribution in [-0.2, 0) is 14.3 Å². The number of rotatable bonds is 2. The molecule has 0 radical (unpaired) electrons. The number of aliphatic carboxylic acids is 1. The van der Waals surface area contributed by atoms with Gasteiger partial charge in [-0.15, -0.1) is 0 Å². The molecule has 0 spiro atoms. The molecule has 0 saturated heterocycles. The molecular formula is C22H32O4. The third-order valence-electron chi connectivity index (χ3n) is 8.69. The second kappa shape index (κ2) is 6.10. The number of ether oxygens (including phenoxy) is 1. The van der Waals surface area contributed by atoms with Crippen LogP contribution in [0.1, 0.15) is 72.1 Å². The number of carboxylic acids is 1. The van der Waals surface area contributed by atoms with Gasteiger partial charge in [0.25, 0.3) is 0 Å². The summed E-state index contributed by atoms with van der Waals surface area (Å²) in [6.07, 6.45) is 10.6. The van der Waals surface area contributed by atoms with Crippen LogP contribution in [0.15, 0.2) is 11.6 Å². The molecule has 26 heavy (non-hydrogen) atoms.